The van der Waals surface area contributed by atoms with Gasteiger partial charge >= 0.3 is 0 Å². The number of hydrogen-bond donors (Lipinski definition) is 1. The number of quaternary nitrogens is 1. The van der Waals surface area contributed by atoms with Crippen LogP contribution >= 0.6 is 0 Å². The number of unbranched alkanes of at least 4 members (excludes halogenated alkanes) is 9. The summed E-state index contributed by atoms with van der Waals surface area (Å²) in [6, 6.07) is 0. The SMILES string of the molecule is CCCCCCCCCCCC[NH+](C1=C(C)C(C)=C(C)C1C)[SiH](C)C. The van der Waals surface area contributed by atoms with E-state index in [1.165, 1.54) is 70.8 Å². The zero-order valence-corrected chi connectivity index (χ0v) is 19.6. The summed E-state index contributed by atoms with van der Waals surface area (Å²) in [6.45, 7) is 18.2. The highest BCUT2D eigenvalue weighted by atomic mass is 28.3. The second-order valence-corrected chi connectivity index (χ2v) is 11.7. The third-order valence-electron chi connectivity index (χ3n) is 6.48. The maximum absolute atomic E-state index is 2.53. The maximum Gasteiger partial charge on any atom is 0.267 e. The van der Waals surface area contributed by atoms with Gasteiger partial charge in [0.25, 0.3) is 8.96 Å². The molecule has 0 aromatic heterocycles. The van der Waals surface area contributed by atoms with E-state index in [-0.39, 0.29) is 0 Å². The second-order valence-electron chi connectivity index (χ2n) is 8.68. The van der Waals surface area contributed by atoms with E-state index in [0.29, 0.717) is 5.92 Å². The van der Waals surface area contributed by atoms with Crippen molar-refractivity contribution in [2.75, 3.05) is 6.54 Å². The molecule has 2 heteroatoms. The van der Waals surface area contributed by atoms with Crippen molar-refractivity contribution in [3.63, 3.8) is 0 Å². The van der Waals surface area contributed by atoms with Crippen LogP contribution in [0.1, 0.15) is 98.8 Å². The molecule has 2 atom stereocenters. The molecular formula is C23H46NSi+. The molecule has 1 nitrogen and oxygen atoms in total. The monoisotopic (exact) mass is 364 g/mol. The Balaban J connectivity index is 2.30. The molecule has 0 aliphatic heterocycles. The van der Waals surface area contributed by atoms with Gasteiger partial charge in [-0.3, -0.25) is 0 Å². The van der Waals surface area contributed by atoms with E-state index in [1.807, 2.05) is 4.57 Å². The van der Waals surface area contributed by atoms with Gasteiger partial charge in [-0.15, -0.1) is 0 Å². The molecule has 1 rings (SSSR count). The summed E-state index contributed by atoms with van der Waals surface area (Å²) in [5.41, 5.74) is 6.53. The van der Waals surface area contributed by atoms with Crippen LogP contribution in [-0.4, -0.2) is 15.5 Å². The lowest BCUT2D eigenvalue weighted by Crippen LogP contribution is -3.15. The minimum Gasteiger partial charge on any atom is -0.367 e. The first-order chi connectivity index (χ1) is 11.9. The molecule has 2 unspecified atom stereocenters. The van der Waals surface area contributed by atoms with Crippen LogP contribution in [0.15, 0.2) is 22.4 Å². The van der Waals surface area contributed by atoms with Gasteiger partial charge in [-0.1, -0.05) is 63.9 Å². The maximum atomic E-state index is 2.53. The molecule has 25 heavy (non-hydrogen) atoms. The number of rotatable bonds is 13. The largest absolute Gasteiger partial charge is 0.367 e. The highest BCUT2D eigenvalue weighted by Gasteiger charge is 2.33. The Morgan fingerprint density at radius 1 is 0.760 bits per heavy atom. The molecule has 0 fully saturated rings. The van der Waals surface area contributed by atoms with Gasteiger partial charge in [0.15, 0.2) is 0 Å². The molecular weight excluding hydrogens is 318 g/mol. The van der Waals surface area contributed by atoms with E-state index < -0.39 is 8.96 Å². The molecule has 0 radical (unpaired) electrons. The number of hydrogen-bond acceptors (Lipinski definition) is 0. The van der Waals surface area contributed by atoms with Gasteiger partial charge in [0.1, 0.15) is 0 Å². The Bertz CT molecular complexity index is 447. The summed E-state index contributed by atoms with van der Waals surface area (Å²) in [5, 5.41) is 0. The molecule has 0 heterocycles. The van der Waals surface area contributed by atoms with Gasteiger partial charge in [-0.05, 0) is 59.2 Å². The van der Waals surface area contributed by atoms with Crippen molar-refractivity contribution in [2.45, 2.75) is 112 Å². The van der Waals surface area contributed by atoms with Crippen molar-refractivity contribution in [1.82, 2.24) is 0 Å². The van der Waals surface area contributed by atoms with E-state index in [0.717, 1.165) is 0 Å². The molecule has 1 aliphatic carbocycles. The molecule has 0 amide bonds. The molecule has 0 bridgehead atoms. The van der Waals surface area contributed by atoms with Crippen LogP contribution in [0.2, 0.25) is 13.1 Å². The van der Waals surface area contributed by atoms with Crippen LogP contribution < -0.4 is 4.57 Å². The molecule has 0 saturated heterocycles. The highest BCUT2D eigenvalue weighted by Crippen LogP contribution is 2.33. The lowest BCUT2D eigenvalue weighted by Gasteiger charge is -2.28. The van der Waals surface area contributed by atoms with Gasteiger partial charge < -0.3 is 4.57 Å². The fourth-order valence-electron chi connectivity index (χ4n) is 4.42. The Kier molecular flexibility index (Phi) is 11.0. The third kappa shape index (κ3) is 7.06. The van der Waals surface area contributed by atoms with Crippen molar-refractivity contribution in [3.05, 3.63) is 22.4 Å². The zero-order valence-electron chi connectivity index (χ0n) is 18.4. The van der Waals surface area contributed by atoms with Crippen molar-refractivity contribution >= 4 is 8.96 Å². The predicted molar refractivity (Wildman–Crippen MR) is 117 cm³/mol. The highest BCUT2D eigenvalue weighted by molar-refractivity contribution is 6.46. The molecule has 0 aromatic carbocycles. The summed E-state index contributed by atoms with van der Waals surface area (Å²) in [6.07, 6.45) is 14.4. The van der Waals surface area contributed by atoms with Crippen LogP contribution in [0.25, 0.3) is 0 Å². The average molecular weight is 365 g/mol. The fourth-order valence-corrected chi connectivity index (χ4v) is 6.29. The fraction of sp³-hybridized carbons (Fsp3) is 0.826. The summed E-state index contributed by atoms with van der Waals surface area (Å²) < 4.78 is 1.88. The van der Waals surface area contributed by atoms with E-state index >= 15 is 0 Å². The first-order valence-corrected chi connectivity index (χ1v) is 14.0. The lowest BCUT2D eigenvalue weighted by molar-refractivity contribution is -0.751. The van der Waals surface area contributed by atoms with Crippen LogP contribution in [0.5, 0.6) is 0 Å². The van der Waals surface area contributed by atoms with Gasteiger partial charge in [0, 0.05) is 5.57 Å². The average Bonchev–Trinajstić information content (AvgIpc) is 2.77. The standard InChI is InChI=1S/C23H45NSi/c1-8-9-10-11-12-13-14-15-16-17-18-24(25(6)7)23-21(4)19(2)20(3)22(23)5/h21,25H,8-18H2,1-7H3/p+1. The minimum atomic E-state index is -0.719. The van der Waals surface area contributed by atoms with E-state index in [9.17, 15) is 0 Å². The molecule has 1 aliphatic rings. The lowest BCUT2D eigenvalue weighted by atomic mass is 10.0. The Hall–Kier alpha value is -0.343. The topological polar surface area (TPSA) is 4.44 Å². The van der Waals surface area contributed by atoms with Crippen molar-refractivity contribution < 1.29 is 4.57 Å². The number of allylic oxidation sites excluding steroid dienone is 3. The van der Waals surface area contributed by atoms with E-state index in [1.54, 1.807) is 22.4 Å². The van der Waals surface area contributed by atoms with Crippen LogP contribution in [0.4, 0.5) is 0 Å². The smallest absolute Gasteiger partial charge is 0.267 e. The molecule has 0 spiro atoms. The summed E-state index contributed by atoms with van der Waals surface area (Å²) in [7, 11) is -0.719. The first-order valence-electron chi connectivity index (χ1n) is 11.2. The Morgan fingerprint density at radius 2 is 1.24 bits per heavy atom. The van der Waals surface area contributed by atoms with Crippen molar-refractivity contribution in [2.24, 2.45) is 5.92 Å². The molecule has 0 aromatic rings. The van der Waals surface area contributed by atoms with Gasteiger partial charge in [-0.25, -0.2) is 0 Å². The van der Waals surface area contributed by atoms with Gasteiger partial charge in [0.05, 0.1) is 18.2 Å². The van der Waals surface area contributed by atoms with Crippen LogP contribution in [0, 0.1) is 5.92 Å². The predicted octanol–water partition coefficient (Wildman–Crippen LogP) is 6.04. The van der Waals surface area contributed by atoms with Gasteiger partial charge in [0.2, 0.25) is 0 Å². The minimum absolute atomic E-state index is 0.674. The molecule has 0 saturated carbocycles. The summed E-state index contributed by atoms with van der Waals surface area (Å²) in [5.74, 6) is 0.674. The van der Waals surface area contributed by atoms with Crippen molar-refractivity contribution in [3.8, 4) is 0 Å². The number of nitrogens with one attached hydrogen (secondary N) is 1. The third-order valence-corrected chi connectivity index (χ3v) is 8.48. The normalized spacial score (nSPS) is 19.4. The summed E-state index contributed by atoms with van der Waals surface area (Å²) >= 11 is 0. The quantitative estimate of drug-likeness (QED) is 0.300. The second kappa shape index (κ2) is 12.1. The Morgan fingerprint density at radius 3 is 1.64 bits per heavy atom. The van der Waals surface area contributed by atoms with Gasteiger partial charge in [-0.2, -0.15) is 0 Å². The summed E-state index contributed by atoms with van der Waals surface area (Å²) in [4.78, 5) is 0. The molecule has 146 valence electrons. The van der Waals surface area contributed by atoms with E-state index in [4.69, 9.17) is 0 Å². The first kappa shape index (κ1) is 22.7. The van der Waals surface area contributed by atoms with Crippen LogP contribution in [0.3, 0.4) is 0 Å². The Labute approximate surface area is 160 Å². The molecule has 1 N–H and O–H groups in total. The van der Waals surface area contributed by atoms with Crippen LogP contribution in [-0.2, 0) is 0 Å². The zero-order chi connectivity index (χ0) is 18.8. The van der Waals surface area contributed by atoms with Crippen molar-refractivity contribution in [1.29, 1.82) is 0 Å². The van der Waals surface area contributed by atoms with E-state index in [2.05, 4.69) is 47.7 Å².